The second-order valence-corrected chi connectivity index (χ2v) is 53.5. The maximum atomic E-state index is 12.4. The molecule has 3 saturated heterocycles. The second kappa shape index (κ2) is 45.1. The van der Waals surface area contributed by atoms with Crippen LogP contribution in [0.15, 0.2) is 60.8 Å². The number of carbonyl (C=O) groups is 4. The molecule has 21 heteroatoms. The molecule has 18 rings (SSSR count). The molecule has 5 N–H and O–H groups in total. The Morgan fingerprint density at radius 3 is 0.972 bits per heavy atom. The largest absolute Gasteiger partial charge is 0.462 e. The Kier molecular flexibility index (Phi) is 36.2. The SMILES string of the molecule is C=C1CCC2[C@H](O)C([C@@]3(C)CC[C@H](O)C[C@@H]3/C=C\CN(C)C)CC[C@]12C.CC(=O)O[C@H]1C2CCC3(OCCO3)[C@@]2(C)CCC1[C@@]1(C)CC[C@H](C)C[C@@H]1/C=C\CN(C)C.CC(=O)O[C@H]1C2CCC3(OCCO3)[C@@]2(C)CCC1[C@@]1(C)CC[C@H](C)C[C@@H]1C=O.CN(C)C/C=C\[C@H]1C[C@@H](O)CC[C@]1(C)C1CC[C@]2(C)C(=O)CCC2[C@@H]1O.C[C@H]1CC[C@](C)(C2CC[C@@]3(C)C(CCC34OCCO4)[C@@H]2O)[C@@H](/C=C\CN(C)C)C1. The fourth-order valence-corrected chi connectivity index (χ4v) is 34.9. The van der Waals surface area contributed by atoms with Gasteiger partial charge in [-0.15, -0.1) is 0 Å². The van der Waals surface area contributed by atoms with Gasteiger partial charge < -0.3 is 87.8 Å². The molecule has 0 radical (unpaired) electrons. The minimum absolute atomic E-state index is 0.00553. The van der Waals surface area contributed by atoms with Crippen LogP contribution in [0.3, 0.4) is 0 Å². The Morgan fingerprint density at radius 2 is 0.617 bits per heavy atom. The zero-order valence-corrected chi connectivity index (χ0v) is 92.6. The number of aliphatic hydroxyl groups is 5. The predicted molar refractivity (Wildman–Crippen MR) is 559 cm³/mol. The fraction of sp³-hybridized carbons (Fsp3) is 0.883. The molecule has 0 aromatic heterocycles. The van der Waals surface area contributed by atoms with Crippen LogP contribution in [0.4, 0.5) is 0 Å². The highest BCUT2D eigenvalue weighted by atomic mass is 16.8. The van der Waals surface area contributed by atoms with E-state index in [9.17, 15) is 44.7 Å². The van der Waals surface area contributed by atoms with E-state index in [-0.39, 0.29) is 138 Å². The van der Waals surface area contributed by atoms with E-state index in [0.717, 1.165) is 218 Å². The van der Waals surface area contributed by atoms with E-state index in [1.807, 2.05) is 0 Å². The van der Waals surface area contributed by atoms with Crippen LogP contribution in [0.1, 0.15) is 329 Å². The summed E-state index contributed by atoms with van der Waals surface area (Å²) in [5.41, 5.74) is 1.19. The summed E-state index contributed by atoms with van der Waals surface area (Å²) < 4.78 is 49.5. The number of aldehydes is 1. The number of fused-ring (bicyclic) bond motifs is 8. The average molecular weight is 1970 g/mol. The lowest BCUT2D eigenvalue weighted by Crippen LogP contribution is -2.58. The van der Waals surface area contributed by atoms with Crippen LogP contribution < -0.4 is 0 Å². The summed E-state index contributed by atoms with van der Waals surface area (Å²) in [6, 6.07) is 0. The first-order chi connectivity index (χ1) is 66.4. The number of hydrogen-bond acceptors (Lipinski definition) is 21. The highest BCUT2D eigenvalue weighted by Gasteiger charge is 2.72. The van der Waals surface area contributed by atoms with Crippen LogP contribution in [0.5, 0.6) is 0 Å². The molecule has 15 aliphatic carbocycles. The Balaban J connectivity index is 0.000000140. The summed E-state index contributed by atoms with van der Waals surface area (Å²) in [7, 11) is 16.8. The van der Waals surface area contributed by atoms with Gasteiger partial charge in [-0.1, -0.05) is 170 Å². The highest BCUT2D eigenvalue weighted by Crippen LogP contribution is 2.71. The van der Waals surface area contributed by atoms with E-state index in [1.54, 1.807) is 6.92 Å². The summed E-state index contributed by atoms with van der Waals surface area (Å²) in [6.45, 7) is 45.6. The topological polar surface area (TPSA) is 256 Å². The van der Waals surface area contributed by atoms with Crippen molar-refractivity contribution in [1.82, 2.24) is 19.6 Å². The van der Waals surface area contributed by atoms with Gasteiger partial charge >= 0.3 is 11.9 Å². The van der Waals surface area contributed by atoms with Gasteiger partial charge in [0.2, 0.25) is 0 Å². The number of nitrogens with zero attached hydrogens (tertiary/aromatic N) is 4. The maximum Gasteiger partial charge on any atom is 0.302 e. The number of hydrogen-bond donors (Lipinski definition) is 5. The Hall–Kier alpha value is -3.62. The highest BCUT2D eigenvalue weighted by molar-refractivity contribution is 5.87. The Morgan fingerprint density at radius 1 is 0.340 bits per heavy atom. The smallest absolute Gasteiger partial charge is 0.302 e. The fourth-order valence-electron chi connectivity index (χ4n) is 34.9. The minimum Gasteiger partial charge on any atom is -0.462 e. The van der Waals surface area contributed by atoms with E-state index in [4.69, 9.17) is 37.9 Å². The zero-order chi connectivity index (χ0) is 102. The van der Waals surface area contributed by atoms with Crippen LogP contribution in [0, 0.1) is 161 Å². The van der Waals surface area contributed by atoms with Crippen molar-refractivity contribution in [3.05, 3.63) is 60.8 Å². The minimum atomic E-state index is -0.521. The molecule has 10 unspecified atom stereocenters. The van der Waals surface area contributed by atoms with Crippen molar-refractivity contribution in [2.75, 3.05) is 122 Å². The third-order valence-corrected chi connectivity index (χ3v) is 44.3. The number of carbonyl (C=O) groups excluding carboxylic acids is 4. The van der Waals surface area contributed by atoms with E-state index in [0.29, 0.717) is 111 Å². The number of Topliss-reactive ketones (excluding diaryl/α,β-unsaturated/α-hetero) is 1. The molecule has 3 heterocycles. The lowest BCUT2D eigenvalue weighted by Gasteiger charge is -2.57. The molecule has 3 aliphatic heterocycles. The van der Waals surface area contributed by atoms with Gasteiger partial charge in [0.1, 0.15) is 24.3 Å². The summed E-state index contributed by atoms with van der Waals surface area (Å²) in [4.78, 5) is 57.6. The van der Waals surface area contributed by atoms with Gasteiger partial charge in [-0.05, 0) is 346 Å². The van der Waals surface area contributed by atoms with Crippen molar-refractivity contribution in [3.8, 4) is 0 Å². The van der Waals surface area contributed by atoms with Crippen LogP contribution in [0.2, 0.25) is 0 Å². The standard InChI is InChI=1S/C27H45NO4.C25H43NO3.C23H39NO2.C23H36O5.C22H37NO3/c1-19-9-12-25(3,21(18-19)8-7-15-28(5)6)22-10-13-26(4)23(24(22)32-20(2)29)11-14-27(26)30-16-17-31-27;1-18-8-11-23(2,19(17-18)7-6-14-26(4)5)20-9-12-24(3)21(22(20)27)10-13-25(24)28-15-16-29-25;1-16-8-9-19-21(26)20(11-13-22(16,19)2)23(3)12-10-18(25)15-17(23)7-6-14-24(4)5;1-15-5-8-21(3,17(13-15)14-24)18-6-9-22(4)19(20(18)28-16(2)25)7-10-23(22)26-11-12-27-23;1-21(11-9-16(24)14-15(21)6-5-13-23(3)4)18-10-12-22(2)17(20(18)26)7-8-19(22)25/h7-8,19,21-24H,9-18H2,1-6H3;6-7,18-22,27H,8-17H2,1-5H3;6-7,17-21,25-26H,1,8-15H2,2-5H3;14-15,17-20H,5-13H2,1-4H3;5-6,15-18,20,24,26H,7-14H2,1-4H3/b8-7-;2*7-6-;;6-5-/t19-,21-,22?,23?,24+,25-,26-;18-,19-,20?,21?,22+,23-,24-;17-,18-,19?,20?,21-,22+,23-;15-,17+,18?,19?,20+,21-,22-;15-,16-,17?,18?,20-,21-,22-/m00000/s1. The molecular weight excluding hydrogens is 1770 g/mol. The number of rotatable bonds is 20. The summed E-state index contributed by atoms with van der Waals surface area (Å²) in [5.74, 6) is 5.21. The molecule has 0 bridgehead atoms. The number of likely N-dealkylation sites (N-methyl/N-ethyl adjacent to an activating group) is 4. The second-order valence-electron chi connectivity index (χ2n) is 53.5. The summed E-state index contributed by atoms with van der Waals surface area (Å²) in [6.07, 6.45) is 53.9. The van der Waals surface area contributed by atoms with E-state index in [1.165, 1.54) is 57.3 Å². The van der Waals surface area contributed by atoms with Crippen LogP contribution in [-0.2, 0) is 57.1 Å². The molecule has 0 amide bonds. The number of aliphatic hydroxyl groups excluding tert-OH is 5. The van der Waals surface area contributed by atoms with Crippen molar-refractivity contribution in [1.29, 1.82) is 0 Å². The molecule has 0 aromatic carbocycles. The molecule has 21 nitrogen and oxygen atoms in total. The van der Waals surface area contributed by atoms with Crippen molar-refractivity contribution < 1.29 is 82.6 Å². The maximum absolute atomic E-state index is 12.4. The van der Waals surface area contributed by atoms with Crippen LogP contribution in [0.25, 0.3) is 0 Å². The zero-order valence-electron chi connectivity index (χ0n) is 92.6. The molecule has 18 aliphatic rings. The van der Waals surface area contributed by atoms with Crippen molar-refractivity contribution in [2.45, 2.75) is 389 Å². The molecule has 18 fully saturated rings. The molecule has 0 aromatic rings. The number of allylic oxidation sites excluding steroid dienone is 5. The first-order valence-corrected chi connectivity index (χ1v) is 57.0. The van der Waals surface area contributed by atoms with Crippen molar-refractivity contribution in [2.24, 2.45) is 161 Å². The summed E-state index contributed by atoms with van der Waals surface area (Å²) in [5, 5.41) is 55.0. The molecule has 15 saturated carbocycles. The van der Waals surface area contributed by atoms with Crippen LogP contribution >= 0.6 is 0 Å². The monoisotopic (exact) mass is 1970 g/mol. The first kappa shape index (κ1) is 113. The van der Waals surface area contributed by atoms with Crippen molar-refractivity contribution >= 4 is 24.0 Å². The molecule has 802 valence electrons. The van der Waals surface area contributed by atoms with Gasteiger partial charge in [-0.2, -0.15) is 0 Å². The van der Waals surface area contributed by atoms with Gasteiger partial charge in [0, 0.05) is 117 Å². The Labute approximate surface area is 853 Å². The van der Waals surface area contributed by atoms with Gasteiger partial charge in [0.25, 0.3) is 0 Å². The van der Waals surface area contributed by atoms with E-state index in [2.05, 4.69) is 221 Å². The lowest BCUT2D eigenvalue weighted by molar-refractivity contribution is -0.252. The molecule has 141 heavy (non-hydrogen) atoms. The quantitative estimate of drug-likeness (QED) is 0.0431. The summed E-state index contributed by atoms with van der Waals surface area (Å²) >= 11 is 0. The third kappa shape index (κ3) is 22.0. The van der Waals surface area contributed by atoms with Gasteiger partial charge in [-0.3, -0.25) is 14.4 Å². The number of ether oxygens (including phenoxy) is 8. The van der Waals surface area contributed by atoms with Gasteiger partial charge in [-0.25, -0.2) is 0 Å². The van der Waals surface area contributed by atoms with Crippen molar-refractivity contribution in [3.63, 3.8) is 0 Å². The lowest BCUT2D eigenvalue weighted by atomic mass is 9.51. The van der Waals surface area contributed by atoms with E-state index < -0.39 is 23.5 Å². The average Bonchev–Trinajstić information content (AvgIpc) is 1.55. The van der Waals surface area contributed by atoms with Gasteiger partial charge in [0.15, 0.2) is 17.4 Å². The molecule has 3 spiro atoms. The van der Waals surface area contributed by atoms with Crippen LogP contribution in [-0.4, -0.2) is 251 Å². The number of ketones is 1. The first-order valence-electron chi connectivity index (χ1n) is 57.0. The van der Waals surface area contributed by atoms with Gasteiger partial charge in [0.05, 0.1) is 70.2 Å². The molecular formula is C120H200N4O17. The normalized spacial score (nSPS) is 46.4. The predicted octanol–water partition coefficient (Wildman–Crippen LogP) is 20.7. The third-order valence-electron chi connectivity index (χ3n) is 44.3. The number of esters is 2. The Bertz CT molecular complexity index is 4200. The van der Waals surface area contributed by atoms with E-state index >= 15 is 0 Å². The molecule has 35 atom stereocenters.